The quantitative estimate of drug-likeness (QED) is 0.517. The summed E-state index contributed by atoms with van der Waals surface area (Å²) in [5.41, 5.74) is 4.90. The Morgan fingerprint density at radius 3 is 2.55 bits per heavy atom. The van der Waals surface area contributed by atoms with E-state index in [9.17, 15) is 14.4 Å². The fourth-order valence-corrected chi connectivity index (χ4v) is 3.08. The van der Waals surface area contributed by atoms with Crippen LogP contribution in [-0.4, -0.2) is 47.5 Å². The molecule has 5 N–H and O–H groups in total. The fraction of sp³-hybridized carbons (Fsp3) is 0.769. The van der Waals surface area contributed by atoms with Crippen molar-refractivity contribution in [1.82, 2.24) is 16.0 Å². The second kappa shape index (κ2) is 9.34. The molecule has 0 aromatic heterocycles. The number of amides is 3. The monoisotopic (exact) mass is 352 g/mol. The van der Waals surface area contributed by atoms with Crippen molar-refractivity contribution in [2.75, 3.05) is 18.2 Å². The molecule has 1 fully saturated rings. The lowest BCUT2D eigenvalue weighted by molar-refractivity contribution is -0.133. The van der Waals surface area contributed by atoms with Crippen molar-refractivity contribution in [1.29, 1.82) is 0 Å². The molecule has 7 nitrogen and oxygen atoms in total. The van der Waals surface area contributed by atoms with Crippen LogP contribution in [0.25, 0.3) is 0 Å². The van der Waals surface area contributed by atoms with Gasteiger partial charge in [-0.3, -0.25) is 25.0 Å². The zero-order valence-electron chi connectivity index (χ0n) is 13.1. The Morgan fingerprint density at radius 1 is 1.41 bits per heavy atom. The van der Waals surface area contributed by atoms with Gasteiger partial charge in [-0.2, -0.15) is 0 Å². The first-order chi connectivity index (χ1) is 9.72. The molecule has 0 aromatic rings. The Bertz CT molecular complexity index is 412. The van der Waals surface area contributed by atoms with E-state index < -0.39 is 17.4 Å². The van der Waals surface area contributed by atoms with E-state index in [0.29, 0.717) is 18.1 Å². The number of nitrogens with two attached hydrogens (primary N) is 1. The van der Waals surface area contributed by atoms with Crippen molar-refractivity contribution in [3.05, 3.63) is 0 Å². The number of carbonyl (C=O) groups is 3. The van der Waals surface area contributed by atoms with Crippen molar-refractivity contribution in [2.45, 2.75) is 38.8 Å². The maximum Gasteiger partial charge on any atom is 0.245 e. The van der Waals surface area contributed by atoms with Gasteiger partial charge >= 0.3 is 0 Å². The predicted molar refractivity (Wildman–Crippen MR) is 89.7 cm³/mol. The number of thioether (sulfide) groups is 1. The Morgan fingerprint density at radius 2 is 2.05 bits per heavy atom. The highest BCUT2D eigenvalue weighted by atomic mass is 35.5. The standard InChI is InChI=1S/C13H24N4O3S.ClH/c1-8(2)4-13(3,14)12(20)15-5-10(18)17-11(19)9-6-21-7-16-9;/h8-9,16H,4-7,14H2,1-3H3,(H,15,20)(H,17,18,19);1H/t9?,13-;/m0./s1. The number of hydrogen-bond acceptors (Lipinski definition) is 6. The van der Waals surface area contributed by atoms with Crippen molar-refractivity contribution in [2.24, 2.45) is 11.7 Å². The third-order valence-electron chi connectivity index (χ3n) is 3.06. The van der Waals surface area contributed by atoms with Crippen LogP contribution in [0, 0.1) is 5.92 Å². The minimum atomic E-state index is -1.03. The van der Waals surface area contributed by atoms with Gasteiger partial charge in [-0.25, -0.2) is 0 Å². The van der Waals surface area contributed by atoms with Gasteiger partial charge in [0.1, 0.15) is 0 Å². The van der Waals surface area contributed by atoms with E-state index in [1.807, 2.05) is 13.8 Å². The minimum Gasteiger partial charge on any atom is -0.345 e. The molecule has 1 unspecified atom stereocenters. The molecule has 0 aromatic carbocycles. The number of halogens is 1. The summed E-state index contributed by atoms with van der Waals surface area (Å²) < 4.78 is 0. The summed E-state index contributed by atoms with van der Waals surface area (Å²) in [6.45, 7) is 5.31. The SMILES string of the molecule is CC(C)C[C@](C)(N)C(=O)NCC(=O)NC(=O)C1CSCN1.Cl. The molecule has 0 radical (unpaired) electrons. The summed E-state index contributed by atoms with van der Waals surface area (Å²) in [5, 5.41) is 7.69. The van der Waals surface area contributed by atoms with E-state index >= 15 is 0 Å². The minimum absolute atomic E-state index is 0. The molecule has 2 atom stereocenters. The zero-order valence-corrected chi connectivity index (χ0v) is 14.7. The van der Waals surface area contributed by atoms with Gasteiger partial charge in [0, 0.05) is 11.6 Å². The number of rotatable bonds is 6. The maximum absolute atomic E-state index is 11.9. The first kappa shape index (κ1) is 21.2. The fourth-order valence-electron chi connectivity index (χ4n) is 2.14. The lowest BCUT2D eigenvalue weighted by Gasteiger charge is -2.25. The normalized spacial score (nSPS) is 20.0. The van der Waals surface area contributed by atoms with Gasteiger partial charge < -0.3 is 11.1 Å². The topological polar surface area (TPSA) is 113 Å². The van der Waals surface area contributed by atoms with Gasteiger partial charge in [0.15, 0.2) is 0 Å². The highest BCUT2D eigenvalue weighted by Gasteiger charge is 2.30. The van der Waals surface area contributed by atoms with E-state index in [0.717, 1.165) is 0 Å². The van der Waals surface area contributed by atoms with Crippen LogP contribution in [-0.2, 0) is 14.4 Å². The molecule has 0 bridgehead atoms. The van der Waals surface area contributed by atoms with Crippen molar-refractivity contribution in [3.63, 3.8) is 0 Å². The van der Waals surface area contributed by atoms with Crippen molar-refractivity contribution < 1.29 is 14.4 Å². The van der Waals surface area contributed by atoms with Gasteiger partial charge in [-0.15, -0.1) is 24.2 Å². The van der Waals surface area contributed by atoms with Crippen LogP contribution in [0.1, 0.15) is 27.2 Å². The molecule has 1 heterocycles. The van der Waals surface area contributed by atoms with Crippen LogP contribution in [0.15, 0.2) is 0 Å². The molecule has 22 heavy (non-hydrogen) atoms. The van der Waals surface area contributed by atoms with Crippen LogP contribution in [0.5, 0.6) is 0 Å². The van der Waals surface area contributed by atoms with Gasteiger partial charge in [-0.1, -0.05) is 13.8 Å². The van der Waals surface area contributed by atoms with Crippen LogP contribution < -0.4 is 21.7 Å². The van der Waals surface area contributed by atoms with Gasteiger partial charge in [-0.05, 0) is 19.3 Å². The second-order valence-electron chi connectivity index (χ2n) is 5.88. The van der Waals surface area contributed by atoms with E-state index in [4.69, 9.17) is 5.73 Å². The predicted octanol–water partition coefficient (Wildman–Crippen LogP) is -0.407. The first-order valence-electron chi connectivity index (χ1n) is 6.94. The molecule has 1 saturated heterocycles. The lowest BCUT2D eigenvalue weighted by atomic mass is 9.91. The largest absolute Gasteiger partial charge is 0.345 e. The molecular weight excluding hydrogens is 328 g/mol. The maximum atomic E-state index is 11.9. The van der Waals surface area contributed by atoms with Gasteiger partial charge in [0.05, 0.1) is 18.1 Å². The molecule has 0 saturated carbocycles. The van der Waals surface area contributed by atoms with Crippen molar-refractivity contribution in [3.8, 4) is 0 Å². The number of hydrogen-bond donors (Lipinski definition) is 4. The Labute approximate surface area is 141 Å². The van der Waals surface area contributed by atoms with E-state index in [1.54, 1.807) is 18.7 Å². The summed E-state index contributed by atoms with van der Waals surface area (Å²) in [5.74, 6) is 0.314. The number of carbonyl (C=O) groups excluding carboxylic acids is 3. The van der Waals surface area contributed by atoms with Crippen molar-refractivity contribution >= 4 is 41.9 Å². The number of nitrogens with one attached hydrogen (secondary N) is 3. The van der Waals surface area contributed by atoms with Crippen LogP contribution in [0.2, 0.25) is 0 Å². The summed E-state index contributed by atoms with van der Waals surface area (Å²) in [4.78, 5) is 35.3. The Balaban J connectivity index is 0.00000441. The second-order valence-corrected chi connectivity index (χ2v) is 6.91. The number of imide groups is 1. The highest BCUT2D eigenvalue weighted by molar-refractivity contribution is 7.99. The Hall–Kier alpha value is -0.830. The Kier molecular flexibility index (Phi) is 8.99. The molecule has 3 amide bonds. The average Bonchev–Trinajstić information content (AvgIpc) is 2.88. The molecular formula is C13H25ClN4O3S. The zero-order chi connectivity index (χ0) is 16.0. The summed E-state index contributed by atoms with van der Waals surface area (Å²) in [6.07, 6.45) is 0.516. The molecule has 1 aliphatic heterocycles. The van der Waals surface area contributed by atoms with Crippen LogP contribution in [0.3, 0.4) is 0 Å². The van der Waals surface area contributed by atoms with Crippen LogP contribution >= 0.6 is 24.2 Å². The molecule has 1 aliphatic rings. The van der Waals surface area contributed by atoms with E-state index in [1.165, 1.54) is 0 Å². The third-order valence-corrected chi connectivity index (χ3v) is 4.00. The van der Waals surface area contributed by atoms with Gasteiger partial charge in [0.2, 0.25) is 17.7 Å². The molecule has 0 aliphatic carbocycles. The summed E-state index contributed by atoms with van der Waals surface area (Å²) in [6, 6.07) is -0.352. The third kappa shape index (κ3) is 6.95. The molecule has 128 valence electrons. The van der Waals surface area contributed by atoms with E-state index in [-0.39, 0.29) is 36.8 Å². The lowest BCUT2D eigenvalue weighted by Crippen LogP contribution is -2.55. The van der Waals surface area contributed by atoms with E-state index in [2.05, 4.69) is 16.0 Å². The highest BCUT2D eigenvalue weighted by Crippen LogP contribution is 2.13. The first-order valence-corrected chi connectivity index (χ1v) is 8.10. The molecule has 0 spiro atoms. The van der Waals surface area contributed by atoms with Gasteiger partial charge in [0.25, 0.3) is 0 Å². The van der Waals surface area contributed by atoms with Crippen LogP contribution in [0.4, 0.5) is 0 Å². The summed E-state index contributed by atoms with van der Waals surface area (Å²) >= 11 is 1.60. The smallest absolute Gasteiger partial charge is 0.245 e. The molecule has 9 heteroatoms. The molecule has 1 rings (SSSR count). The average molecular weight is 353 g/mol. The summed E-state index contributed by atoms with van der Waals surface area (Å²) in [7, 11) is 0.